The van der Waals surface area contributed by atoms with Crippen LogP contribution in [0.5, 0.6) is 0 Å². The van der Waals surface area contributed by atoms with Gasteiger partial charge in [0.2, 0.25) is 23.6 Å². The van der Waals surface area contributed by atoms with E-state index in [9.17, 15) is 28.8 Å². The summed E-state index contributed by atoms with van der Waals surface area (Å²) in [5.74, 6) is -7.68. The normalized spacial score (nSPS) is 22.4. The summed E-state index contributed by atoms with van der Waals surface area (Å²) in [6.07, 6.45) is 5.31. The molecule has 3 heterocycles. The third kappa shape index (κ3) is 4.76. The molecule has 1 aromatic rings. The number of unbranched alkanes of at least 4 members (excludes halogenated alkanes) is 2. The molecule has 0 radical (unpaired) electrons. The van der Waals surface area contributed by atoms with Crippen molar-refractivity contribution in [2.24, 2.45) is 11.8 Å². The molecule has 8 amide bonds. The number of imide groups is 4. The Hall–Kier alpha value is -3.63. The number of barbiturate groups is 2. The maximum Gasteiger partial charge on any atom is 0.330 e. The van der Waals surface area contributed by atoms with Crippen LogP contribution in [-0.4, -0.2) is 63.6 Å². The highest BCUT2D eigenvalue weighted by Gasteiger charge is 2.54. The van der Waals surface area contributed by atoms with Crippen LogP contribution in [0.25, 0.3) is 0 Å². The molecule has 2 unspecified atom stereocenters. The average Bonchev–Trinajstić information content (AvgIpc) is 2.78. The number of pyridine rings is 1. The molecule has 0 bridgehead atoms. The molecule has 2 atom stereocenters. The van der Waals surface area contributed by atoms with Crippen LogP contribution in [0.15, 0.2) is 24.5 Å². The first kappa shape index (κ1) is 24.0. The van der Waals surface area contributed by atoms with Crippen molar-refractivity contribution in [3.05, 3.63) is 30.1 Å². The minimum absolute atomic E-state index is 0.0939. The van der Waals surface area contributed by atoms with Gasteiger partial charge in [0, 0.05) is 31.4 Å². The van der Waals surface area contributed by atoms with E-state index < -0.39 is 53.4 Å². The maximum atomic E-state index is 13.3. The Morgan fingerprint density at radius 1 is 0.848 bits per heavy atom. The van der Waals surface area contributed by atoms with Crippen molar-refractivity contribution in [2.75, 3.05) is 13.1 Å². The van der Waals surface area contributed by atoms with Crippen LogP contribution in [-0.2, 0) is 19.2 Å². The fraction of sp³-hybridized carbons (Fsp3) is 0.500. The number of rotatable bonds is 9. The van der Waals surface area contributed by atoms with Gasteiger partial charge in [-0.1, -0.05) is 32.8 Å². The molecule has 2 aliphatic rings. The molecule has 176 valence electrons. The molecule has 2 saturated heterocycles. The maximum absolute atomic E-state index is 13.3. The van der Waals surface area contributed by atoms with E-state index in [1.165, 1.54) is 12.4 Å². The van der Waals surface area contributed by atoms with Crippen LogP contribution in [0, 0.1) is 11.8 Å². The lowest BCUT2D eigenvalue weighted by molar-refractivity contribution is -0.148. The number of carbonyl (C=O) groups excluding carboxylic acids is 6. The highest BCUT2D eigenvalue weighted by atomic mass is 16.2. The fourth-order valence-electron chi connectivity index (χ4n) is 4.10. The SMILES string of the molecule is CCCCN1C(=O)NC(=O)C(C(c2cccnc2)C2C(=O)NC(=O)N(CCCC)C2=O)C1=O. The van der Waals surface area contributed by atoms with E-state index in [1.54, 1.807) is 12.1 Å². The molecule has 1 aromatic heterocycles. The lowest BCUT2D eigenvalue weighted by Gasteiger charge is -2.39. The van der Waals surface area contributed by atoms with Gasteiger partial charge in [-0.05, 0) is 24.5 Å². The second-order valence-corrected chi connectivity index (χ2v) is 8.04. The van der Waals surface area contributed by atoms with Gasteiger partial charge in [0.1, 0.15) is 11.8 Å². The second-order valence-electron chi connectivity index (χ2n) is 8.04. The Morgan fingerprint density at radius 3 is 1.73 bits per heavy atom. The zero-order chi connectivity index (χ0) is 24.1. The summed E-state index contributed by atoms with van der Waals surface area (Å²) in [4.78, 5) is 83.0. The highest BCUT2D eigenvalue weighted by Crippen LogP contribution is 2.37. The molecule has 3 rings (SSSR count). The third-order valence-electron chi connectivity index (χ3n) is 5.84. The first-order chi connectivity index (χ1) is 15.8. The molecule has 0 aliphatic carbocycles. The number of amides is 8. The Kier molecular flexibility index (Phi) is 7.52. The third-order valence-corrected chi connectivity index (χ3v) is 5.84. The van der Waals surface area contributed by atoms with Gasteiger partial charge in [-0.3, -0.25) is 44.6 Å². The first-order valence-corrected chi connectivity index (χ1v) is 11.0. The number of nitrogens with zero attached hydrogens (tertiary/aromatic N) is 3. The van der Waals surface area contributed by atoms with Crippen LogP contribution in [0.2, 0.25) is 0 Å². The summed E-state index contributed by atoms with van der Waals surface area (Å²) in [6.45, 7) is 3.97. The van der Waals surface area contributed by atoms with Gasteiger partial charge < -0.3 is 0 Å². The second kappa shape index (κ2) is 10.3. The van der Waals surface area contributed by atoms with Gasteiger partial charge in [-0.25, -0.2) is 9.59 Å². The van der Waals surface area contributed by atoms with Crippen molar-refractivity contribution in [1.82, 2.24) is 25.4 Å². The molecular weight excluding hydrogens is 430 g/mol. The largest absolute Gasteiger partial charge is 0.330 e. The predicted octanol–water partition coefficient (Wildman–Crippen LogP) is 1.15. The van der Waals surface area contributed by atoms with Gasteiger partial charge in [0.15, 0.2) is 0 Å². The van der Waals surface area contributed by atoms with E-state index in [2.05, 4.69) is 15.6 Å². The Balaban J connectivity index is 2.07. The number of nitrogens with one attached hydrogen (secondary N) is 2. The Labute approximate surface area is 190 Å². The summed E-state index contributed by atoms with van der Waals surface area (Å²) in [5, 5.41) is 4.35. The zero-order valence-corrected chi connectivity index (χ0v) is 18.6. The van der Waals surface area contributed by atoms with Gasteiger partial charge in [-0.15, -0.1) is 0 Å². The number of hydrogen-bond donors (Lipinski definition) is 2. The van der Waals surface area contributed by atoms with E-state index in [4.69, 9.17) is 0 Å². The number of hydrogen-bond acceptors (Lipinski definition) is 7. The van der Waals surface area contributed by atoms with Crippen LogP contribution in [0.4, 0.5) is 9.59 Å². The molecule has 2 aliphatic heterocycles. The van der Waals surface area contributed by atoms with E-state index in [-0.39, 0.29) is 13.1 Å². The molecule has 0 aromatic carbocycles. The molecule has 11 heteroatoms. The fourth-order valence-corrected chi connectivity index (χ4v) is 4.10. The predicted molar refractivity (Wildman–Crippen MR) is 114 cm³/mol. The summed E-state index contributed by atoms with van der Waals surface area (Å²) in [6, 6.07) is 1.44. The van der Waals surface area contributed by atoms with Crippen LogP contribution in [0.3, 0.4) is 0 Å². The van der Waals surface area contributed by atoms with Crippen LogP contribution >= 0.6 is 0 Å². The van der Waals surface area contributed by atoms with E-state index in [1.807, 2.05) is 13.8 Å². The monoisotopic (exact) mass is 457 g/mol. The first-order valence-electron chi connectivity index (χ1n) is 11.0. The molecule has 0 saturated carbocycles. The summed E-state index contributed by atoms with van der Waals surface area (Å²) < 4.78 is 0. The van der Waals surface area contributed by atoms with E-state index in [0.717, 1.165) is 9.80 Å². The number of carbonyl (C=O) groups is 6. The molecule has 0 spiro atoms. The molecule has 2 N–H and O–H groups in total. The van der Waals surface area contributed by atoms with Gasteiger partial charge >= 0.3 is 12.1 Å². The van der Waals surface area contributed by atoms with Crippen molar-refractivity contribution >= 4 is 35.7 Å². The van der Waals surface area contributed by atoms with E-state index >= 15 is 0 Å². The van der Waals surface area contributed by atoms with E-state index in [0.29, 0.717) is 31.2 Å². The Morgan fingerprint density at radius 2 is 1.33 bits per heavy atom. The smallest absolute Gasteiger partial charge is 0.277 e. The number of aromatic nitrogens is 1. The van der Waals surface area contributed by atoms with Gasteiger partial charge in [0.05, 0.1) is 0 Å². The summed E-state index contributed by atoms with van der Waals surface area (Å²) >= 11 is 0. The van der Waals surface area contributed by atoms with Crippen molar-refractivity contribution in [2.45, 2.75) is 45.4 Å². The van der Waals surface area contributed by atoms with Crippen molar-refractivity contribution < 1.29 is 28.8 Å². The van der Waals surface area contributed by atoms with Crippen molar-refractivity contribution in [1.29, 1.82) is 0 Å². The lowest BCUT2D eigenvalue weighted by atomic mass is 9.73. The summed E-state index contributed by atoms with van der Waals surface area (Å²) in [7, 11) is 0. The highest BCUT2D eigenvalue weighted by molar-refractivity contribution is 6.20. The molecule has 33 heavy (non-hydrogen) atoms. The van der Waals surface area contributed by atoms with Gasteiger partial charge in [0.25, 0.3) is 0 Å². The minimum atomic E-state index is -1.52. The average molecular weight is 457 g/mol. The Bertz CT molecular complexity index is 907. The van der Waals surface area contributed by atoms with Crippen LogP contribution in [0.1, 0.15) is 51.0 Å². The van der Waals surface area contributed by atoms with Crippen molar-refractivity contribution in [3.63, 3.8) is 0 Å². The lowest BCUT2D eigenvalue weighted by Crippen LogP contribution is -2.64. The minimum Gasteiger partial charge on any atom is -0.277 e. The molecular formula is C22H27N5O6. The zero-order valence-electron chi connectivity index (χ0n) is 18.6. The molecule has 2 fully saturated rings. The van der Waals surface area contributed by atoms with Gasteiger partial charge in [-0.2, -0.15) is 0 Å². The summed E-state index contributed by atoms with van der Waals surface area (Å²) in [5.41, 5.74) is 0.300. The standard InChI is InChI=1S/C22H27N5O6/c1-3-5-10-26-19(30)15(17(28)24-21(26)32)14(13-8-7-9-23-12-13)16-18(29)25-22(33)27(20(16)31)11-6-4-2/h7-9,12,14-16H,3-6,10-11H2,1-2H3,(H,24,28,32)(H,25,29,33). The number of urea groups is 2. The van der Waals surface area contributed by atoms with Crippen LogP contribution < -0.4 is 10.6 Å². The quantitative estimate of drug-likeness (QED) is 0.529. The van der Waals surface area contributed by atoms with Crippen molar-refractivity contribution in [3.8, 4) is 0 Å². The topological polar surface area (TPSA) is 146 Å². The molecule has 11 nitrogen and oxygen atoms in total.